The van der Waals surface area contributed by atoms with Crippen LogP contribution in [0.25, 0.3) is 0 Å². The van der Waals surface area contributed by atoms with Gasteiger partial charge in [-0.2, -0.15) is 0 Å². The molecule has 0 aromatic heterocycles. The minimum absolute atomic E-state index is 0.517. The van der Waals surface area contributed by atoms with E-state index in [4.69, 9.17) is 6.42 Å². The molecule has 0 fully saturated rings. The van der Waals surface area contributed by atoms with Crippen molar-refractivity contribution >= 4 is 31.2 Å². The van der Waals surface area contributed by atoms with Crippen molar-refractivity contribution in [3.63, 3.8) is 0 Å². The first-order chi connectivity index (χ1) is 7.47. The lowest BCUT2D eigenvalue weighted by Gasteiger charge is -2.19. The van der Waals surface area contributed by atoms with Gasteiger partial charge in [0.15, 0.2) is 0 Å². The summed E-state index contributed by atoms with van der Waals surface area (Å²) in [6, 6.07) is 0. The van der Waals surface area contributed by atoms with Gasteiger partial charge in [-0.15, -0.1) is 6.42 Å². The molecule has 1 aliphatic rings. The normalized spacial score (nSPS) is 13.6. The van der Waals surface area contributed by atoms with E-state index in [9.17, 15) is 19.2 Å². The summed E-state index contributed by atoms with van der Waals surface area (Å²) in [5.41, 5.74) is 0. The zero-order valence-corrected chi connectivity index (χ0v) is 8.34. The highest BCUT2D eigenvalue weighted by molar-refractivity contribution is 6.50. The van der Waals surface area contributed by atoms with E-state index in [1.54, 1.807) is 5.92 Å². The van der Waals surface area contributed by atoms with Gasteiger partial charge in [-0.25, -0.2) is 0 Å². The van der Waals surface area contributed by atoms with Crippen LogP contribution in [0, 0.1) is 12.3 Å². The number of hydrogen-bond donors (Lipinski definition) is 0. The molecule has 0 N–H and O–H groups in total. The van der Waals surface area contributed by atoms with Crippen LogP contribution in [0.5, 0.6) is 0 Å². The van der Waals surface area contributed by atoms with Gasteiger partial charge in [-0.05, 0) is 5.92 Å². The fourth-order valence-electron chi connectivity index (χ4n) is 0.987. The Balaban J connectivity index is 2.82. The van der Waals surface area contributed by atoms with E-state index in [0.29, 0.717) is 9.62 Å². The summed E-state index contributed by atoms with van der Waals surface area (Å²) in [4.78, 5) is 45.6. The summed E-state index contributed by atoms with van der Waals surface area (Å²) in [7, 11) is 0.787. The van der Waals surface area contributed by atoms with Crippen molar-refractivity contribution in [1.82, 2.24) is 9.62 Å². The van der Waals surface area contributed by atoms with Crippen LogP contribution in [0.4, 0.5) is 0 Å². The van der Waals surface area contributed by atoms with E-state index >= 15 is 0 Å². The molecular formula is C9H6BN2O4. The minimum atomic E-state index is -0.944. The molecule has 0 aliphatic carbocycles. The molecule has 79 valence electrons. The summed E-state index contributed by atoms with van der Waals surface area (Å²) in [6.45, 7) is 1.09. The van der Waals surface area contributed by atoms with Crippen LogP contribution < -0.4 is 0 Å². The number of amides is 4. The molecule has 1 aliphatic heterocycles. The molecule has 0 saturated heterocycles. The SMILES string of the molecule is C#CC(=O)N([B]N1C(=O)C=CC1=O)C(C)=O. The van der Waals surface area contributed by atoms with Crippen molar-refractivity contribution in [3.8, 4) is 12.3 Å². The average Bonchev–Trinajstić information content (AvgIpc) is 2.54. The maximum absolute atomic E-state index is 11.1. The van der Waals surface area contributed by atoms with E-state index in [0.717, 1.165) is 26.6 Å². The number of imide groups is 2. The van der Waals surface area contributed by atoms with Gasteiger partial charge in [0.25, 0.3) is 5.91 Å². The van der Waals surface area contributed by atoms with E-state index in [1.807, 2.05) is 0 Å². The van der Waals surface area contributed by atoms with E-state index in [-0.39, 0.29) is 0 Å². The minimum Gasteiger partial charge on any atom is -0.301 e. The standard InChI is InChI=1S/C9H6BN2O4/c1-3-7(14)11(6(2)13)10-12-8(15)4-5-9(12)16/h1,4-5H,2H3. The third kappa shape index (κ3) is 2.17. The maximum Gasteiger partial charge on any atom is 0.412 e. The van der Waals surface area contributed by atoms with Crippen molar-refractivity contribution in [1.29, 1.82) is 0 Å². The van der Waals surface area contributed by atoms with E-state index in [1.165, 1.54) is 0 Å². The molecule has 7 heteroatoms. The highest BCUT2D eigenvalue weighted by atomic mass is 16.2. The second-order valence-electron chi connectivity index (χ2n) is 2.83. The number of rotatable bonds is 2. The number of nitrogens with zero attached hydrogens (tertiary/aromatic N) is 2. The second-order valence-corrected chi connectivity index (χ2v) is 2.83. The molecular weight excluding hydrogens is 211 g/mol. The number of carbonyl (C=O) groups is 4. The summed E-state index contributed by atoms with van der Waals surface area (Å²) in [5, 5.41) is 0. The molecule has 4 amide bonds. The Morgan fingerprint density at radius 1 is 1.38 bits per heavy atom. The molecule has 1 radical (unpaired) electrons. The summed E-state index contributed by atoms with van der Waals surface area (Å²) < 4.78 is 0. The van der Waals surface area contributed by atoms with Gasteiger partial charge >= 0.3 is 7.55 Å². The molecule has 0 aromatic rings. The van der Waals surface area contributed by atoms with E-state index in [2.05, 4.69) is 0 Å². The Hall–Kier alpha value is -2.36. The number of hydrogen-bond acceptors (Lipinski definition) is 4. The number of terminal acetylenes is 1. The van der Waals surface area contributed by atoms with Gasteiger partial charge < -0.3 is 4.81 Å². The van der Waals surface area contributed by atoms with Crippen LogP contribution in [-0.2, 0) is 19.2 Å². The van der Waals surface area contributed by atoms with Crippen molar-refractivity contribution in [2.45, 2.75) is 6.92 Å². The van der Waals surface area contributed by atoms with Crippen LogP contribution >= 0.6 is 0 Å². The molecule has 16 heavy (non-hydrogen) atoms. The molecule has 0 aromatic carbocycles. The van der Waals surface area contributed by atoms with Gasteiger partial charge in [-0.3, -0.25) is 24.0 Å². The van der Waals surface area contributed by atoms with Gasteiger partial charge in [0.2, 0.25) is 17.7 Å². The predicted molar refractivity (Wildman–Crippen MR) is 53.1 cm³/mol. The van der Waals surface area contributed by atoms with Crippen molar-refractivity contribution in [3.05, 3.63) is 12.2 Å². The summed E-state index contributed by atoms with van der Waals surface area (Å²) in [5.74, 6) is -1.19. The molecule has 0 spiro atoms. The van der Waals surface area contributed by atoms with Crippen molar-refractivity contribution < 1.29 is 19.2 Å². The van der Waals surface area contributed by atoms with Crippen LogP contribution in [0.2, 0.25) is 0 Å². The Labute approximate surface area is 92.2 Å². The predicted octanol–water partition coefficient (Wildman–Crippen LogP) is -1.55. The molecule has 1 heterocycles. The molecule has 1 rings (SSSR count). The highest BCUT2D eigenvalue weighted by Gasteiger charge is 2.31. The molecule has 0 atom stereocenters. The zero-order valence-electron chi connectivity index (χ0n) is 8.34. The third-order valence-electron chi connectivity index (χ3n) is 1.76. The quantitative estimate of drug-likeness (QED) is 0.319. The average molecular weight is 217 g/mol. The van der Waals surface area contributed by atoms with Gasteiger partial charge in [0, 0.05) is 19.1 Å². The van der Waals surface area contributed by atoms with Crippen molar-refractivity contribution in [2.24, 2.45) is 0 Å². The van der Waals surface area contributed by atoms with Crippen LogP contribution in [0.1, 0.15) is 6.92 Å². The Kier molecular flexibility index (Phi) is 3.25. The smallest absolute Gasteiger partial charge is 0.301 e. The first-order valence-corrected chi connectivity index (χ1v) is 4.18. The lowest BCUT2D eigenvalue weighted by Crippen LogP contribution is -2.49. The summed E-state index contributed by atoms with van der Waals surface area (Å²) in [6.07, 6.45) is 6.89. The number of carbonyl (C=O) groups excluding carboxylic acids is 4. The largest absolute Gasteiger partial charge is 0.412 e. The lowest BCUT2D eigenvalue weighted by atomic mass is 10.0. The summed E-state index contributed by atoms with van der Waals surface area (Å²) >= 11 is 0. The van der Waals surface area contributed by atoms with Gasteiger partial charge in [0.1, 0.15) is 0 Å². The fourth-order valence-corrected chi connectivity index (χ4v) is 0.987. The highest BCUT2D eigenvalue weighted by Crippen LogP contribution is 2.03. The third-order valence-corrected chi connectivity index (χ3v) is 1.76. The first-order valence-electron chi connectivity index (χ1n) is 4.18. The Bertz CT molecular complexity index is 431. The topological polar surface area (TPSA) is 74.8 Å². The van der Waals surface area contributed by atoms with Gasteiger partial charge in [-0.1, -0.05) is 0 Å². The molecule has 0 saturated carbocycles. The zero-order chi connectivity index (χ0) is 12.3. The molecule has 6 nitrogen and oxygen atoms in total. The van der Waals surface area contributed by atoms with Gasteiger partial charge in [0.05, 0.1) is 0 Å². The molecule has 0 bridgehead atoms. The van der Waals surface area contributed by atoms with E-state index < -0.39 is 23.6 Å². The van der Waals surface area contributed by atoms with Crippen LogP contribution in [0.15, 0.2) is 12.2 Å². The lowest BCUT2D eigenvalue weighted by molar-refractivity contribution is -0.135. The van der Waals surface area contributed by atoms with Crippen LogP contribution in [-0.4, -0.2) is 40.8 Å². The maximum atomic E-state index is 11.1. The molecule has 0 unspecified atom stereocenters. The monoisotopic (exact) mass is 217 g/mol. The fraction of sp³-hybridized carbons (Fsp3) is 0.111. The second kappa shape index (κ2) is 4.44. The van der Waals surface area contributed by atoms with Crippen LogP contribution in [0.3, 0.4) is 0 Å². The Morgan fingerprint density at radius 3 is 2.25 bits per heavy atom. The first kappa shape index (κ1) is 11.7. The Morgan fingerprint density at radius 2 is 1.88 bits per heavy atom. The van der Waals surface area contributed by atoms with Crippen molar-refractivity contribution in [2.75, 3.05) is 0 Å².